The van der Waals surface area contributed by atoms with Crippen molar-refractivity contribution < 1.29 is 0 Å². The van der Waals surface area contributed by atoms with E-state index in [0.717, 1.165) is 50.0 Å². The van der Waals surface area contributed by atoms with E-state index < -0.39 is 0 Å². The highest BCUT2D eigenvalue weighted by molar-refractivity contribution is 8.93. The maximum atomic E-state index is 6.34. The van der Waals surface area contributed by atoms with Gasteiger partial charge in [0.05, 0.1) is 4.90 Å². The first-order valence-corrected chi connectivity index (χ1v) is 9.54. The summed E-state index contributed by atoms with van der Waals surface area (Å²) in [6.07, 6.45) is 2.00. The molecule has 0 aliphatic rings. The van der Waals surface area contributed by atoms with Crippen LogP contribution < -0.4 is 10.2 Å². The smallest absolute Gasteiger partial charge is 0.228 e. The normalized spacial score (nSPS) is 10.1. The van der Waals surface area contributed by atoms with Gasteiger partial charge in [-0.15, -0.1) is 45.7 Å². The zero-order valence-corrected chi connectivity index (χ0v) is 20.1. The van der Waals surface area contributed by atoms with Gasteiger partial charge < -0.3 is 15.1 Å². The Labute approximate surface area is 176 Å². The maximum absolute atomic E-state index is 6.34. The number of hydrogen-bond donors (Lipinski definition) is 1. The van der Waals surface area contributed by atoms with E-state index in [1.165, 1.54) is 0 Å². The van der Waals surface area contributed by atoms with Crippen LogP contribution in [0.1, 0.15) is 27.7 Å². The first kappa shape index (κ1) is 26.5. The quantitative estimate of drug-likeness (QED) is 0.369. The summed E-state index contributed by atoms with van der Waals surface area (Å²) in [5, 5.41) is 3.95. The number of anilines is 2. The summed E-state index contributed by atoms with van der Waals surface area (Å²) < 4.78 is 0. The fourth-order valence-electron chi connectivity index (χ4n) is 2.23. The Morgan fingerprint density at radius 3 is 2.04 bits per heavy atom. The van der Waals surface area contributed by atoms with E-state index in [2.05, 4.69) is 52.8 Å². The summed E-state index contributed by atoms with van der Waals surface area (Å²) in [4.78, 5) is 14.5. The molecule has 0 amide bonds. The van der Waals surface area contributed by atoms with E-state index in [9.17, 15) is 0 Å². The number of halogens is 3. The van der Waals surface area contributed by atoms with Crippen molar-refractivity contribution in [2.45, 2.75) is 32.6 Å². The van der Waals surface area contributed by atoms with E-state index in [1.54, 1.807) is 11.8 Å². The molecule has 1 rings (SSSR count). The van der Waals surface area contributed by atoms with Crippen LogP contribution in [0.15, 0.2) is 4.90 Å². The summed E-state index contributed by atoms with van der Waals surface area (Å²) in [6.45, 7) is 14.2. The molecule has 0 atom stereocenters. The van der Waals surface area contributed by atoms with Gasteiger partial charge in [-0.3, -0.25) is 0 Å². The van der Waals surface area contributed by atoms with Gasteiger partial charge >= 0.3 is 0 Å². The van der Waals surface area contributed by atoms with E-state index in [0.29, 0.717) is 11.1 Å². The zero-order chi connectivity index (χ0) is 16.5. The molecule has 0 aromatic carbocycles. The molecule has 0 fully saturated rings. The molecular formula is C15H30Br2ClN5S. The van der Waals surface area contributed by atoms with Gasteiger partial charge in [0.15, 0.2) is 0 Å². The van der Waals surface area contributed by atoms with Crippen LogP contribution in [-0.2, 0) is 0 Å². The van der Waals surface area contributed by atoms with Crippen LogP contribution in [0.3, 0.4) is 0 Å². The van der Waals surface area contributed by atoms with Crippen molar-refractivity contribution in [2.24, 2.45) is 0 Å². The van der Waals surface area contributed by atoms with Crippen LogP contribution in [-0.4, -0.2) is 60.4 Å². The van der Waals surface area contributed by atoms with Gasteiger partial charge in [0.2, 0.25) is 5.95 Å². The third kappa shape index (κ3) is 7.64. The first-order chi connectivity index (χ1) is 10.6. The maximum Gasteiger partial charge on any atom is 0.228 e. The van der Waals surface area contributed by atoms with Gasteiger partial charge in [-0.1, -0.05) is 25.4 Å². The topological polar surface area (TPSA) is 44.3 Å². The summed E-state index contributed by atoms with van der Waals surface area (Å²) in [7, 11) is 0. The predicted octanol–water partition coefficient (Wildman–Crippen LogP) is 4.61. The molecule has 0 bridgehead atoms. The summed E-state index contributed by atoms with van der Waals surface area (Å²) in [5.41, 5.74) is 0. The number of thioether (sulfide) groups is 1. The second kappa shape index (κ2) is 14.4. The Bertz CT molecular complexity index is 460. The lowest BCUT2D eigenvalue weighted by Crippen LogP contribution is -2.29. The van der Waals surface area contributed by atoms with Gasteiger partial charge in [0.25, 0.3) is 0 Å². The number of nitrogens with one attached hydrogen (secondary N) is 1. The molecule has 0 aliphatic heterocycles. The van der Waals surface area contributed by atoms with Gasteiger partial charge in [0, 0.05) is 26.2 Å². The van der Waals surface area contributed by atoms with Gasteiger partial charge in [-0.2, -0.15) is 9.97 Å². The number of rotatable bonds is 10. The highest BCUT2D eigenvalue weighted by atomic mass is 79.9. The van der Waals surface area contributed by atoms with Gasteiger partial charge in [0.1, 0.15) is 11.0 Å². The second-order valence-corrected chi connectivity index (χ2v) is 6.00. The average molecular weight is 508 g/mol. The molecule has 0 radical (unpaired) electrons. The van der Waals surface area contributed by atoms with Crippen LogP contribution in [0.25, 0.3) is 0 Å². The lowest BCUT2D eigenvalue weighted by molar-refractivity contribution is 0.316. The van der Waals surface area contributed by atoms with E-state index in [1.807, 2.05) is 6.26 Å². The third-order valence-electron chi connectivity index (χ3n) is 3.68. The largest absolute Gasteiger partial charge is 0.368 e. The molecular weight excluding hydrogens is 478 g/mol. The molecule has 142 valence electrons. The minimum absolute atomic E-state index is 0. The lowest BCUT2D eigenvalue weighted by atomic mass is 10.4. The fraction of sp³-hybridized carbons (Fsp3) is 0.733. The van der Waals surface area contributed by atoms with E-state index in [-0.39, 0.29) is 34.0 Å². The highest BCUT2D eigenvalue weighted by Gasteiger charge is 2.15. The van der Waals surface area contributed by atoms with Gasteiger partial charge in [-0.25, -0.2) is 0 Å². The minimum Gasteiger partial charge on any atom is -0.368 e. The van der Waals surface area contributed by atoms with Crippen molar-refractivity contribution in [3.8, 4) is 0 Å². The number of likely N-dealkylation sites (N-methyl/N-ethyl adjacent to an activating group) is 1. The molecule has 1 aromatic heterocycles. The monoisotopic (exact) mass is 505 g/mol. The highest BCUT2D eigenvalue weighted by Crippen LogP contribution is 2.31. The zero-order valence-electron chi connectivity index (χ0n) is 15.1. The van der Waals surface area contributed by atoms with Crippen molar-refractivity contribution >= 4 is 69.1 Å². The molecule has 9 heteroatoms. The number of nitrogens with zero attached hydrogens (tertiary/aromatic N) is 4. The molecule has 5 nitrogen and oxygen atoms in total. The number of aromatic nitrogens is 2. The van der Waals surface area contributed by atoms with Gasteiger partial charge in [-0.05, 0) is 33.2 Å². The van der Waals surface area contributed by atoms with E-state index >= 15 is 0 Å². The SMILES string of the molecule is Br.Br.CCN(CC)CCNc1nc(N(CC)CC)nc(Cl)c1SC. The Balaban J connectivity index is 0. The van der Waals surface area contributed by atoms with Crippen LogP contribution in [0.2, 0.25) is 5.15 Å². The van der Waals surface area contributed by atoms with Crippen molar-refractivity contribution in [1.82, 2.24) is 14.9 Å². The lowest BCUT2D eigenvalue weighted by Gasteiger charge is -2.22. The van der Waals surface area contributed by atoms with E-state index in [4.69, 9.17) is 11.6 Å². The Kier molecular flexibility index (Phi) is 15.9. The second-order valence-electron chi connectivity index (χ2n) is 4.82. The number of hydrogen-bond acceptors (Lipinski definition) is 6. The molecule has 1 aromatic rings. The first-order valence-electron chi connectivity index (χ1n) is 7.93. The molecule has 1 N–H and O–H groups in total. The molecule has 0 spiro atoms. The van der Waals surface area contributed by atoms with Crippen molar-refractivity contribution in [1.29, 1.82) is 0 Å². The van der Waals surface area contributed by atoms with Crippen LogP contribution >= 0.6 is 57.3 Å². The Morgan fingerprint density at radius 1 is 1.00 bits per heavy atom. The molecule has 24 heavy (non-hydrogen) atoms. The van der Waals surface area contributed by atoms with Crippen LogP contribution in [0.4, 0.5) is 11.8 Å². The summed E-state index contributed by atoms with van der Waals surface area (Å²) in [5.74, 6) is 1.53. The van der Waals surface area contributed by atoms with Crippen LogP contribution in [0, 0.1) is 0 Å². The summed E-state index contributed by atoms with van der Waals surface area (Å²) in [6, 6.07) is 0. The van der Waals surface area contributed by atoms with Crippen molar-refractivity contribution in [3.05, 3.63) is 5.15 Å². The Hall–Kier alpha value is 0.240. The average Bonchev–Trinajstić information content (AvgIpc) is 2.52. The molecule has 0 saturated carbocycles. The van der Waals surface area contributed by atoms with Crippen molar-refractivity contribution in [2.75, 3.05) is 55.7 Å². The fourth-order valence-corrected chi connectivity index (χ4v) is 3.15. The Morgan fingerprint density at radius 2 is 1.58 bits per heavy atom. The molecule has 0 aliphatic carbocycles. The summed E-state index contributed by atoms with van der Waals surface area (Å²) >= 11 is 7.92. The molecule has 1 heterocycles. The minimum atomic E-state index is 0. The molecule has 0 saturated heterocycles. The standard InChI is InChI=1S/C15H28ClN5S.2BrH/c1-6-20(7-2)11-10-17-14-12(22-5)13(16)18-15(19-14)21(8-3)9-4;;/h6-11H2,1-5H3,(H,17,18,19);2*1H. The predicted molar refractivity (Wildman–Crippen MR) is 119 cm³/mol. The third-order valence-corrected chi connectivity index (χ3v) is 4.86. The van der Waals surface area contributed by atoms with Crippen molar-refractivity contribution in [3.63, 3.8) is 0 Å². The van der Waals surface area contributed by atoms with Crippen LogP contribution in [0.5, 0.6) is 0 Å². The molecule has 0 unspecified atom stereocenters.